The Hall–Kier alpha value is -1.42. The van der Waals surface area contributed by atoms with E-state index < -0.39 is 0 Å². The van der Waals surface area contributed by atoms with Gasteiger partial charge in [0.05, 0.1) is 11.2 Å². The third kappa shape index (κ3) is 1.90. The minimum absolute atomic E-state index is 0.0698. The molecular formula is C14H20N2O2. The Morgan fingerprint density at radius 1 is 1.50 bits per heavy atom. The van der Waals surface area contributed by atoms with Crippen LogP contribution in [0.25, 0.3) is 0 Å². The highest BCUT2D eigenvalue weighted by Crippen LogP contribution is 2.51. The van der Waals surface area contributed by atoms with Crippen molar-refractivity contribution < 1.29 is 9.53 Å². The van der Waals surface area contributed by atoms with Crippen LogP contribution in [0, 0.1) is 5.41 Å². The van der Waals surface area contributed by atoms with Gasteiger partial charge in [0, 0.05) is 31.0 Å². The first-order valence-electron chi connectivity index (χ1n) is 6.17. The molecule has 0 spiro atoms. The molecule has 18 heavy (non-hydrogen) atoms. The molecule has 1 N–H and O–H groups in total. The second-order valence-electron chi connectivity index (χ2n) is 5.63. The third-order valence-corrected chi connectivity index (χ3v) is 4.51. The molecule has 1 saturated carbocycles. The largest absolute Gasteiger partial charge is 0.378 e. The topological polar surface area (TPSA) is 51.2 Å². The lowest BCUT2D eigenvalue weighted by molar-refractivity contribution is -0.177. The summed E-state index contributed by atoms with van der Waals surface area (Å²) >= 11 is 0. The van der Waals surface area contributed by atoms with E-state index in [0.717, 1.165) is 6.42 Å². The minimum atomic E-state index is -0.167. The first kappa shape index (κ1) is 13.0. The van der Waals surface area contributed by atoms with E-state index in [0.29, 0.717) is 5.56 Å². The Morgan fingerprint density at radius 3 is 2.72 bits per heavy atom. The van der Waals surface area contributed by atoms with Crippen LogP contribution < -0.4 is 5.32 Å². The van der Waals surface area contributed by atoms with E-state index in [1.165, 1.54) is 0 Å². The maximum absolute atomic E-state index is 12.0. The van der Waals surface area contributed by atoms with E-state index in [4.69, 9.17) is 4.74 Å². The molecule has 98 valence electrons. The predicted octanol–water partition coefficient (Wildman–Crippen LogP) is 2.02. The summed E-state index contributed by atoms with van der Waals surface area (Å²) < 4.78 is 5.54. The minimum Gasteiger partial charge on any atom is -0.378 e. The molecule has 0 aromatic carbocycles. The van der Waals surface area contributed by atoms with Crippen molar-refractivity contribution in [2.24, 2.45) is 5.41 Å². The zero-order valence-electron chi connectivity index (χ0n) is 11.4. The van der Waals surface area contributed by atoms with Crippen LogP contribution in [-0.4, -0.2) is 29.6 Å². The van der Waals surface area contributed by atoms with Crippen molar-refractivity contribution in [2.45, 2.75) is 38.8 Å². The standard InChI is InChI=1S/C14H20N2O2/c1-13(2)11(8-14(13,3)18-4)16-12(17)10-6-5-7-15-9-10/h5-7,9,11H,8H2,1-4H3,(H,16,17). The van der Waals surface area contributed by atoms with Gasteiger partial charge < -0.3 is 10.1 Å². The molecule has 2 unspecified atom stereocenters. The van der Waals surface area contributed by atoms with Crippen LogP contribution in [0.15, 0.2) is 24.5 Å². The van der Waals surface area contributed by atoms with E-state index in [9.17, 15) is 4.79 Å². The van der Waals surface area contributed by atoms with Crippen molar-refractivity contribution in [3.8, 4) is 0 Å². The van der Waals surface area contributed by atoms with Gasteiger partial charge in [0.25, 0.3) is 5.91 Å². The number of carbonyl (C=O) groups excluding carboxylic acids is 1. The normalized spacial score (nSPS) is 29.4. The molecule has 0 bridgehead atoms. The second-order valence-corrected chi connectivity index (χ2v) is 5.63. The summed E-state index contributed by atoms with van der Waals surface area (Å²) in [5.74, 6) is -0.0701. The lowest BCUT2D eigenvalue weighted by Gasteiger charge is -2.59. The van der Waals surface area contributed by atoms with Crippen LogP contribution in [0.3, 0.4) is 0 Å². The number of hydrogen-bond acceptors (Lipinski definition) is 3. The first-order valence-corrected chi connectivity index (χ1v) is 6.17. The average molecular weight is 248 g/mol. The van der Waals surface area contributed by atoms with E-state index in [2.05, 4.69) is 31.1 Å². The van der Waals surface area contributed by atoms with Gasteiger partial charge in [0.2, 0.25) is 0 Å². The van der Waals surface area contributed by atoms with Gasteiger partial charge in [-0.3, -0.25) is 9.78 Å². The van der Waals surface area contributed by atoms with Crippen LogP contribution in [0.1, 0.15) is 37.6 Å². The second kappa shape index (κ2) is 4.35. The first-order chi connectivity index (χ1) is 8.40. The van der Waals surface area contributed by atoms with E-state index in [-0.39, 0.29) is 23.0 Å². The highest BCUT2D eigenvalue weighted by atomic mass is 16.5. The van der Waals surface area contributed by atoms with Crippen LogP contribution in [0.4, 0.5) is 0 Å². The molecule has 2 atom stereocenters. The van der Waals surface area contributed by atoms with Gasteiger partial charge in [-0.1, -0.05) is 13.8 Å². The fourth-order valence-corrected chi connectivity index (χ4v) is 2.46. The smallest absolute Gasteiger partial charge is 0.253 e. The maximum Gasteiger partial charge on any atom is 0.253 e. The van der Waals surface area contributed by atoms with Gasteiger partial charge >= 0.3 is 0 Å². The van der Waals surface area contributed by atoms with Crippen LogP contribution in [0.5, 0.6) is 0 Å². The zero-order chi connectivity index (χ0) is 13.4. The molecule has 1 amide bonds. The van der Waals surface area contributed by atoms with Crippen molar-refractivity contribution in [1.82, 2.24) is 10.3 Å². The highest BCUT2D eigenvalue weighted by molar-refractivity contribution is 5.94. The summed E-state index contributed by atoms with van der Waals surface area (Å²) in [5, 5.41) is 3.05. The Bertz CT molecular complexity index is 444. The van der Waals surface area contributed by atoms with Gasteiger partial charge in [0.15, 0.2) is 0 Å². The summed E-state index contributed by atoms with van der Waals surface area (Å²) in [7, 11) is 1.72. The summed E-state index contributed by atoms with van der Waals surface area (Å²) in [6.07, 6.45) is 4.07. The van der Waals surface area contributed by atoms with Crippen molar-refractivity contribution >= 4 is 5.91 Å². The van der Waals surface area contributed by atoms with Gasteiger partial charge in [-0.05, 0) is 25.5 Å². The molecule has 0 aliphatic heterocycles. The monoisotopic (exact) mass is 248 g/mol. The number of ether oxygens (including phenoxy) is 1. The van der Waals surface area contributed by atoms with Crippen LogP contribution in [0.2, 0.25) is 0 Å². The number of nitrogens with one attached hydrogen (secondary N) is 1. The molecule has 0 saturated heterocycles. The molecule has 2 rings (SSSR count). The molecule has 1 aromatic rings. The molecule has 4 heteroatoms. The molecule has 4 nitrogen and oxygen atoms in total. The lowest BCUT2D eigenvalue weighted by Crippen LogP contribution is -2.68. The van der Waals surface area contributed by atoms with Crippen LogP contribution >= 0.6 is 0 Å². The summed E-state index contributed by atoms with van der Waals surface area (Å²) in [6, 6.07) is 3.67. The molecule has 1 heterocycles. The highest BCUT2D eigenvalue weighted by Gasteiger charge is 2.58. The van der Waals surface area contributed by atoms with Gasteiger partial charge in [-0.15, -0.1) is 0 Å². The van der Waals surface area contributed by atoms with Crippen molar-refractivity contribution in [1.29, 1.82) is 0 Å². The molecule has 1 aliphatic carbocycles. The zero-order valence-corrected chi connectivity index (χ0v) is 11.4. The Balaban J connectivity index is 2.03. The number of nitrogens with zero attached hydrogens (tertiary/aromatic N) is 1. The molecular weight excluding hydrogens is 228 g/mol. The Morgan fingerprint density at radius 2 is 2.22 bits per heavy atom. The van der Waals surface area contributed by atoms with Crippen molar-refractivity contribution in [2.75, 3.05) is 7.11 Å². The summed E-state index contributed by atoms with van der Waals surface area (Å²) in [4.78, 5) is 16.0. The molecule has 1 fully saturated rings. The number of methoxy groups -OCH3 is 1. The van der Waals surface area contributed by atoms with E-state index in [1.807, 2.05) is 0 Å². The predicted molar refractivity (Wildman–Crippen MR) is 69.3 cm³/mol. The molecule has 1 aromatic heterocycles. The number of carbonyl (C=O) groups is 1. The molecule has 0 radical (unpaired) electrons. The number of aromatic nitrogens is 1. The van der Waals surface area contributed by atoms with Gasteiger partial charge in [-0.25, -0.2) is 0 Å². The number of amides is 1. The fourth-order valence-electron chi connectivity index (χ4n) is 2.46. The third-order valence-electron chi connectivity index (χ3n) is 4.51. The SMILES string of the molecule is COC1(C)CC(NC(=O)c2cccnc2)C1(C)C. The average Bonchev–Trinajstić information content (AvgIpc) is 2.38. The summed E-state index contributed by atoms with van der Waals surface area (Å²) in [5.41, 5.74) is 0.360. The van der Waals surface area contributed by atoms with Gasteiger partial charge in [0.1, 0.15) is 0 Å². The lowest BCUT2D eigenvalue weighted by atomic mass is 9.56. The van der Waals surface area contributed by atoms with Gasteiger partial charge in [-0.2, -0.15) is 0 Å². The van der Waals surface area contributed by atoms with Crippen molar-refractivity contribution in [3.63, 3.8) is 0 Å². The maximum atomic E-state index is 12.0. The van der Waals surface area contributed by atoms with Crippen LogP contribution in [-0.2, 0) is 4.74 Å². The molecule has 1 aliphatic rings. The number of rotatable bonds is 3. The summed E-state index contributed by atoms with van der Waals surface area (Å²) in [6.45, 7) is 6.32. The van der Waals surface area contributed by atoms with Crippen molar-refractivity contribution in [3.05, 3.63) is 30.1 Å². The number of hydrogen-bond donors (Lipinski definition) is 1. The fraction of sp³-hybridized carbons (Fsp3) is 0.571. The Labute approximate surface area is 108 Å². The van der Waals surface area contributed by atoms with E-state index in [1.54, 1.807) is 31.6 Å². The Kier molecular flexibility index (Phi) is 3.15. The quantitative estimate of drug-likeness (QED) is 0.890. The van der Waals surface area contributed by atoms with E-state index >= 15 is 0 Å². The number of pyridine rings is 1.